The Morgan fingerprint density at radius 1 is 1.40 bits per heavy atom. The lowest BCUT2D eigenvalue weighted by molar-refractivity contribution is 0.0526. The fourth-order valence-electron chi connectivity index (χ4n) is 1.83. The Kier molecular flexibility index (Phi) is 6.67. The van der Waals surface area contributed by atoms with Crippen LogP contribution in [0.1, 0.15) is 40.5 Å². The molecule has 0 amide bonds. The minimum atomic E-state index is -0.498. The van der Waals surface area contributed by atoms with E-state index in [9.17, 15) is 14.7 Å². The number of rotatable bonds is 8. The first-order chi connectivity index (χ1) is 9.63. The Morgan fingerprint density at radius 2 is 2.10 bits per heavy atom. The third-order valence-corrected chi connectivity index (χ3v) is 2.92. The number of aliphatic hydroxyl groups excluding tert-OH is 1. The first-order valence-corrected chi connectivity index (χ1v) is 6.56. The first-order valence-electron chi connectivity index (χ1n) is 6.56. The highest BCUT2D eigenvalue weighted by Crippen LogP contribution is 2.16. The Labute approximate surface area is 119 Å². The van der Waals surface area contributed by atoms with Crippen LogP contribution in [0, 0.1) is 12.0 Å². The smallest absolute Gasteiger partial charge is 0.338 e. The minimum absolute atomic E-state index is 0.186. The lowest BCUT2D eigenvalue weighted by Crippen LogP contribution is -2.19. The number of hydrogen-bond donors (Lipinski definition) is 1. The Hall–Kier alpha value is -1.94. The summed E-state index contributed by atoms with van der Waals surface area (Å²) in [6, 6.07) is 6.36. The normalized spacial score (nSPS) is 11.7. The number of carbonyl (C=O) groups is 2. The first kappa shape index (κ1) is 16.1. The zero-order valence-corrected chi connectivity index (χ0v) is 11.6. The number of benzene rings is 1. The predicted octanol–water partition coefficient (Wildman–Crippen LogP) is 2.42. The van der Waals surface area contributed by atoms with Gasteiger partial charge in [-0.1, -0.05) is 24.8 Å². The molecule has 107 valence electrons. The second kappa shape index (κ2) is 8.27. The summed E-state index contributed by atoms with van der Waals surface area (Å²) in [6.07, 6.45) is 3.72. The summed E-state index contributed by atoms with van der Waals surface area (Å²) in [5, 5.41) is 9.29. The van der Waals surface area contributed by atoms with Crippen molar-refractivity contribution >= 4 is 11.8 Å². The van der Waals surface area contributed by atoms with Crippen LogP contribution in [0.5, 0.6) is 0 Å². The molecule has 0 saturated carbocycles. The van der Waals surface area contributed by atoms with E-state index in [1.165, 1.54) is 6.07 Å². The molecule has 0 aliphatic heterocycles. The van der Waals surface area contributed by atoms with Gasteiger partial charge in [0.05, 0.1) is 18.8 Å². The summed E-state index contributed by atoms with van der Waals surface area (Å²) >= 11 is 0. The molecule has 1 aromatic rings. The van der Waals surface area contributed by atoms with E-state index >= 15 is 0 Å². The monoisotopic (exact) mass is 275 g/mol. The number of aliphatic hydroxyl groups is 1. The van der Waals surface area contributed by atoms with E-state index in [4.69, 9.17) is 4.74 Å². The van der Waals surface area contributed by atoms with Crippen molar-refractivity contribution in [1.29, 1.82) is 0 Å². The third-order valence-electron chi connectivity index (χ3n) is 2.92. The van der Waals surface area contributed by atoms with E-state index in [1.54, 1.807) is 25.1 Å². The largest absolute Gasteiger partial charge is 0.462 e. The van der Waals surface area contributed by atoms with Gasteiger partial charge in [0.25, 0.3) is 0 Å². The average molecular weight is 275 g/mol. The van der Waals surface area contributed by atoms with Crippen LogP contribution in [0.4, 0.5) is 0 Å². The molecule has 0 spiro atoms. The van der Waals surface area contributed by atoms with E-state index in [-0.39, 0.29) is 19.0 Å². The van der Waals surface area contributed by atoms with Crippen LogP contribution < -0.4 is 0 Å². The Balaban J connectivity index is 2.89. The van der Waals surface area contributed by atoms with Gasteiger partial charge in [0.1, 0.15) is 0 Å². The van der Waals surface area contributed by atoms with Gasteiger partial charge >= 0.3 is 5.97 Å². The van der Waals surface area contributed by atoms with E-state index in [1.807, 2.05) is 0 Å². The molecule has 4 nitrogen and oxygen atoms in total. The van der Waals surface area contributed by atoms with Gasteiger partial charge in [-0.25, -0.2) is 4.79 Å². The SMILES string of the molecule is C=[C]CCC(CO)C(=O)c1cccc(C(=O)OCC)c1. The van der Waals surface area contributed by atoms with Crippen molar-refractivity contribution < 1.29 is 19.4 Å². The van der Waals surface area contributed by atoms with Gasteiger partial charge in [-0.15, -0.1) is 0 Å². The van der Waals surface area contributed by atoms with Crippen molar-refractivity contribution in [2.45, 2.75) is 19.8 Å². The lowest BCUT2D eigenvalue weighted by Gasteiger charge is -2.12. The molecule has 20 heavy (non-hydrogen) atoms. The molecule has 1 radical (unpaired) electrons. The number of ether oxygens (including phenoxy) is 1. The van der Waals surface area contributed by atoms with Crippen molar-refractivity contribution in [3.8, 4) is 0 Å². The lowest BCUT2D eigenvalue weighted by atomic mass is 9.93. The Bertz CT molecular complexity index is 479. The molecule has 1 unspecified atom stereocenters. The van der Waals surface area contributed by atoms with Crippen LogP contribution in [0.25, 0.3) is 0 Å². The molecule has 1 rings (SSSR count). The van der Waals surface area contributed by atoms with Gasteiger partial charge in [-0.3, -0.25) is 4.79 Å². The van der Waals surface area contributed by atoms with Gasteiger partial charge < -0.3 is 9.84 Å². The molecule has 0 bridgehead atoms. The number of esters is 1. The molecule has 0 aliphatic carbocycles. The molecule has 0 heterocycles. The maximum Gasteiger partial charge on any atom is 0.338 e. The van der Waals surface area contributed by atoms with Crippen molar-refractivity contribution in [2.24, 2.45) is 5.92 Å². The summed E-state index contributed by atoms with van der Waals surface area (Å²) in [5.41, 5.74) is 0.739. The molecule has 0 fully saturated rings. The number of carbonyl (C=O) groups excluding carboxylic acids is 2. The van der Waals surface area contributed by atoms with Gasteiger partial charge in [-0.2, -0.15) is 0 Å². The van der Waals surface area contributed by atoms with E-state index in [2.05, 4.69) is 12.7 Å². The van der Waals surface area contributed by atoms with Gasteiger partial charge in [0.15, 0.2) is 5.78 Å². The maximum absolute atomic E-state index is 12.3. The number of ketones is 1. The van der Waals surface area contributed by atoms with E-state index in [0.29, 0.717) is 24.0 Å². The summed E-state index contributed by atoms with van der Waals surface area (Å²) in [4.78, 5) is 23.9. The zero-order chi connectivity index (χ0) is 15.0. The predicted molar refractivity (Wildman–Crippen MR) is 75.4 cm³/mol. The van der Waals surface area contributed by atoms with Crippen molar-refractivity contribution in [1.82, 2.24) is 0 Å². The second-order valence-corrected chi connectivity index (χ2v) is 4.33. The number of allylic oxidation sites excluding steroid dienone is 1. The highest BCUT2D eigenvalue weighted by Gasteiger charge is 2.19. The molecule has 1 N–H and O–H groups in total. The summed E-state index contributed by atoms with van der Waals surface area (Å²) in [7, 11) is 0. The number of Topliss-reactive ketones (excluding diaryl/α,β-unsaturated/α-hetero) is 1. The standard InChI is InChI=1S/C16H19O4/c1-3-5-7-14(11-17)15(18)12-8-6-9-13(10-12)16(19)20-4-2/h6,8-10,14,17H,1,4-5,7,11H2,2H3. The summed E-state index contributed by atoms with van der Waals surface area (Å²) < 4.78 is 4.90. The maximum atomic E-state index is 12.3. The van der Waals surface area contributed by atoms with Gasteiger partial charge in [0, 0.05) is 11.5 Å². The highest BCUT2D eigenvalue weighted by molar-refractivity contribution is 6.00. The molecule has 0 saturated heterocycles. The van der Waals surface area contributed by atoms with Gasteiger partial charge in [0.2, 0.25) is 0 Å². The van der Waals surface area contributed by atoms with E-state index in [0.717, 1.165) is 0 Å². The Morgan fingerprint density at radius 3 is 2.70 bits per heavy atom. The molecule has 1 aromatic carbocycles. The van der Waals surface area contributed by atoms with E-state index < -0.39 is 11.9 Å². The topological polar surface area (TPSA) is 63.6 Å². The summed E-state index contributed by atoms with van der Waals surface area (Å²) in [5.74, 6) is -1.14. The highest BCUT2D eigenvalue weighted by atomic mass is 16.5. The molecule has 0 aliphatic rings. The fourth-order valence-corrected chi connectivity index (χ4v) is 1.83. The van der Waals surface area contributed by atoms with Crippen LogP contribution >= 0.6 is 0 Å². The minimum Gasteiger partial charge on any atom is -0.462 e. The molecule has 0 aromatic heterocycles. The van der Waals surface area contributed by atoms with Crippen molar-refractivity contribution in [2.75, 3.05) is 13.2 Å². The van der Waals surface area contributed by atoms with Crippen LogP contribution in [-0.2, 0) is 4.74 Å². The van der Waals surface area contributed by atoms with Crippen molar-refractivity contribution in [3.05, 3.63) is 48.0 Å². The quantitative estimate of drug-likeness (QED) is 0.584. The second-order valence-electron chi connectivity index (χ2n) is 4.33. The summed E-state index contributed by atoms with van der Waals surface area (Å²) in [6.45, 7) is 5.25. The zero-order valence-electron chi connectivity index (χ0n) is 11.6. The van der Waals surface area contributed by atoms with Crippen LogP contribution in [0.15, 0.2) is 30.8 Å². The molecular weight excluding hydrogens is 256 g/mol. The fraction of sp³-hybridized carbons (Fsp3) is 0.375. The van der Waals surface area contributed by atoms with Crippen LogP contribution in [0.3, 0.4) is 0 Å². The third kappa shape index (κ3) is 4.31. The molecule has 1 atom stereocenters. The molecule has 4 heteroatoms. The van der Waals surface area contributed by atoms with Crippen molar-refractivity contribution in [3.63, 3.8) is 0 Å². The van der Waals surface area contributed by atoms with Crippen LogP contribution in [-0.4, -0.2) is 30.1 Å². The molecular formula is C16H19O4. The average Bonchev–Trinajstić information content (AvgIpc) is 2.48. The van der Waals surface area contributed by atoms with Crippen LogP contribution in [0.2, 0.25) is 0 Å². The van der Waals surface area contributed by atoms with Gasteiger partial charge in [-0.05, 0) is 31.9 Å². The number of hydrogen-bond acceptors (Lipinski definition) is 4.